The number of Topliss-reactive ketones (excluding diaryl/α,β-unsaturated/α-hetero) is 1. The molecule has 0 amide bonds. The van der Waals surface area contributed by atoms with Crippen LogP contribution in [0.15, 0.2) is 42.6 Å². The number of aromatic nitrogens is 1. The van der Waals surface area contributed by atoms with Crippen molar-refractivity contribution in [2.45, 2.75) is 13.3 Å². The second-order valence-corrected chi connectivity index (χ2v) is 6.87. The van der Waals surface area contributed by atoms with Gasteiger partial charge in [0, 0.05) is 23.9 Å². The lowest BCUT2D eigenvalue weighted by molar-refractivity contribution is 0.0989. The molecule has 0 saturated carbocycles. The third-order valence-corrected chi connectivity index (χ3v) is 4.31. The summed E-state index contributed by atoms with van der Waals surface area (Å²) < 4.78 is 0.590. The number of thioether (sulfide) groups is 1. The van der Waals surface area contributed by atoms with Crippen molar-refractivity contribution in [3.05, 3.63) is 58.7 Å². The topological polar surface area (TPSA) is 42.0 Å². The van der Waals surface area contributed by atoms with E-state index in [1.54, 1.807) is 18.3 Å². The van der Waals surface area contributed by atoms with Crippen molar-refractivity contribution < 1.29 is 4.79 Å². The number of hydrogen-bond donors (Lipinski definition) is 1. The van der Waals surface area contributed by atoms with Crippen molar-refractivity contribution >= 4 is 51.5 Å². The van der Waals surface area contributed by atoms with Gasteiger partial charge in [-0.25, -0.2) is 4.98 Å². The van der Waals surface area contributed by atoms with Crippen LogP contribution >= 0.6 is 35.6 Å². The summed E-state index contributed by atoms with van der Waals surface area (Å²) >= 11 is 12.4. The molecule has 1 heterocycles. The van der Waals surface area contributed by atoms with Gasteiger partial charge in [-0.15, -0.1) is 0 Å². The van der Waals surface area contributed by atoms with Gasteiger partial charge in [-0.05, 0) is 25.1 Å². The second kappa shape index (κ2) is 8.27. The number of carbonyl (C=O) groups excluding carboxylic acids is 1. The normalized spacial score (nSPS) is 10.3. The van der Waals surface area contributed by atoms with Crippen molar-refractivity contribution in [1.82, 2.24) is 4.98 Å². The maximum Gasteiger partial charge on any atom is 0.163 e. The number of ketones is 1. The molecule has 0 bridgehead atoms. The molecule has 0 unspecified atom stereocenters. The van der Waals surface area contributed by atoms with Crippen molar-refractivity contribution in [2.75, 3.05) is 11.1 Å². The van der Waals surface area contributed by atoms with Gasteiger partial charge in [-0.1, -0.05) is 59.3 Å². The molecule has 0 aliphatic rings. The summed E-state index contributed by atoms with van der Waals surface area (Å²) in [5.74, 6) is 1.40. The Morgan fingerprint density at radius 2 is 2.18 bits per heavy atom. The lowest BCUT2D eigenvalue weighted by Gasteiger charge is -2.06. The fraction of sp³-hybridized carbons (Fsp3) is 0.188. The van der Waals surface area contributed by atoms with Gasteiger partial charge in [0.2, 0.25) is 0 Å². The largest absolute Gasteiger partial charge is 0.326 e. The number of aryl methyl sites for hydroxylation is 1. The molecule has 22 heavy (non-hydrogen) atoms. The number of anilines is 1. The van der Waals surface area contributed by atoms with Crippen molar-refractivity contribution in [3.63, 3.8) is 0 Å². The van der Waals surface area contributed by atoms with Crippen molar-refractivity contribution in [1.29, 1.82) is 0 Å². The van der Waals surface area contributed by atoms with E-state index in [1.165, 1.54) is 11.8 Å². The zero-order chi connectivity index (χ0) is 15.9. The van der Waals surface area contributed by atoms with Crippen LogP contribution in [0.4, 0.5) is 5.82 Å². The highest BCUT2D eigenvalue weighted by molar-refractivity contribution is 8.23. The van der Waals surface area contributed by atoms with E-state index >= 15 is 0 Å². The van der Waals surface area contributed by atoms with Crippen LogP contribution in [0.3, 0.4) is 0 Å². The summed E-state index contributed by atoms with van der Waals surface area (Å²) in [6, 6.07) is 11.1. The van der Waals surface area contributed by atoms with Crippen molar-refractivity contribution in [3.8, 4) is 0 Å². The van der Waals surface area contributed by atoms with E-state index in [2.05, 4.69) is 10.3 Å². The third-order valence-electron chi connectivity index (χ3n) is 2.86. The van der Waals surface area contributed by atoms with E-state index in [0.29, 0.717) is 27.3 Å². The fourth-order valence-corrected chi connectivity index (χ4v) is 2.91. The average Bonchev–Trinajstić information content (AvgIpc) is 2.49. The lowest BCUT2D eigenvalue weighted by atomic mass is 10.1. The van der Waals surface area contributed by atoms with Gasteiger partial charge in [0.1, 0.15) is 10.1 Å². The molecule has 3 nitrogen and oxygen atoms in total. The number of nitrogens with one attached hydrogen (secondary N) is 1. The summed E-state index contributed by atoms with van der Waals surface area (Å²) in [4.78, 5) is 16.2. The fourth-order valence-electron chi connectivity index (χ4n) is 1.79. The molecule has 0 aliphatic carbocycles. The Morgan fingerprint density at radius 1 is 1.36 bits per heavy atom. The molecule has 0 atom stereocenters. The summed E-state index contributed by atoms with van der Waals surface area (Å²) in [5.41, 5.74) is 1.84. The van der Waals surface area contributed by atoms with Gasteiger partial charge < -0.3 is 5.32 Å². The Labute approximate surface area is 144 Å². The molecular formula is C16H15ClN2OS2. The van der Waals surface area contributed by atoms with Crippen molar-refractivity contribution in [2.24, 2.45) is 0 Å². The van der Waals surface area contributed by atoms with Crippen LogP contribution in [-0.4, -0.2) is 20.8 Å². The number of rotatable bonds is 5. The van der Waals surface area contributed by atoms with Crippen LogP contribution in [0.25, 0.3) is 0 Å². The minimum Gasteiger partial charge on any atom is -0.326 e. The van der Waals surface area contributed by atoms with Crippen LogP contribution in [0.2, 0.25) is 5.02 Å². The standard InChI is InChI=1S/C16H15ClN2OS2/c1-11-3-2-4-12(9-11)14(20)7-8-22-16(21)19-15-6-5-13(17)10-18-15/h2-6,9-10H,7-8H2,1H3,(H,18,19,21). The highest BCUT2D eigenvalue weighted by Gasteiger charge is 2.07. The minimum absolute atomic E-state index is 0.128. The first-order chi connectivity index (χ1) is 10.5. The molecule has 2 aromatic rings. The van der Waals surface area contributed by atoms with Crippen LogP contribution in [0.5, 0.6) is 0 Å². The van der Waals surface area contributed by atoms with Gasteiger partial charge in [-0.2, -0.15) is 0 Å². The number of thiocarbonyl (C=S) groups is 1. The first kappa shape index (κ1) is 16.9. The second-order valence-electron chi connectivity index (χ2n) is 4.67. The molecule has 0 radical (unpaired) electrons. The van der Waals surface area contributed by atoms with Crippen LogP contribution in [0.1, 0.15) is 22.3 Å². The van der Waals surface area contributed by atoms with Crippen LogP contribution in [0, 0.1) is 6.92 Å². The van der Waals surface area contributed by atoms with Crippen LogP contribution in [-0.2, 0) is 0 Å². The highest BCUT2D eigenvalue weighted by atomic mass is 35.5. The van der Waals surface area contributed by atoms with Crippen LogP contribution < -0.4 is 5.32 Å². The van der Waals surface area contributed by atoms with Gasteiger partial charge in [0.15, 0.2) is 5.78 Å². The number of hydrogen-bond acceptors (Lipinski definition) is 4. The van der Waals surface area contributed by atoms with E-state index in [-0.39, 0.29) is 5.78 Å². The molecule has 0 aliphatic heterocycles. The first-order valence-electron chi connectivity index (χ1n) is 6.70. The Morgan fingerprint density at radius 3 is 2.86 bits per heavy atom. The number of nitrogens with zero attached hydrogens (tertiary/aromatic N) is 1. The number of carbonyl (C=O) groups is 1. The van der Waals surface area contributed by atoms with E-state index in [0.717, 1.165) is 11.1 Å². The van der Waals surface area contributed by atoms with E-state index < -0.39 is 0 Å². The number of halogens is 1. The molecule has 1 N–H and O–H groups in total. The highest BCUT2D eigenvalue weighted by Crippen LogP contribution is 2.15. The summed E-state index contributed by atoms with van der Waals surface area (Å²) in [5, 5.41) is 3.58. The first-order valence-corrected chi connectivity index (χ1v) is 8.47. The summed E-state index contributed by atoms with van der Waals surface area (Å²) in [6.07, 6.45) is 2.00. The molecule has 2 rings (SSSR count). The summed E-state index contributed by atoms with van der Waals surface area (Å²) in [6.45, 7) is 1.98. The van der Waals surface area contributed by atoms with E-state index in [1.807, 2.05) is 31.2 Å². The van der Waals surface area contributed by atoms with E-state index in [9.17, 15) is 4.79 Å². The predicted molar refractivity (Wildman–Crippen MR) is 98.1 cm³/mol. The Balaban J connectivity index is 1.77. The molecule has 0 saturated heterocycles. The average molecular weight is 351 g/mol. The minimum atomic E-state index is 0.128. The molecule has 114 valence electrons. The predicted octanol–water partition coefficient (Wildman–Crippen LogP) is 4.75. The quantitative estimate of drug-likeness (QED) is 0.622. The molecular weight excluding hydrogens is 336 g/mol. The zero-order valence-electron chi connectivity index (χ0n) is 12.0. The zero-order valence-corrected chi connectivity index (χ0v) is 14.4. The Hall–Kier alpha value is -1.43. The molecule has 1 aromatic heterocycles. The molecule has 0 spiro atoms. The molecule has 1 aromatic carbocycles. The Kier molecular flexibility index (Phi) is 6.36. The van der Waals surface area contributed by atoms with Gasteiger partial charge in [0.25, 0.3) is 0 Å². The number of pyridine rings is 1. The smallest absolute Gasteiger partial charge is 0.163 e. The molecule has 0 fully saturated rings. The Bertz CT molecular complexity index is 674. The maximum absolute atomic E-state index is 12.1. The maximum atomic E-state index is 12.1. The summed E-state index contributed by atoms with van der Waals surface area (Å²) in [7, 11) is 0. The van der Waals surface area contributed by atoms with E-state index in [4.69, 9.17) is 23.8 Å². The van der Waals surface area contributed by atoms with Gasteiger partial charge in [-0.3, -0.25) is 4.79 Å². The van der Waals surface area contributed by atoms with Gasteiger partial charge in [0.05, 0.1) is 5.02 Å². The monoisotopic (exact) mass is 350 g/mol. The molecule has 6 heteroatoms. The lowest BCUT2D eigenvalue weighted by Crippen LogP contribution is -2.08. The SMILES string of the molecule is Cc1cccc(C(=O)CCSC(=S)Nc2ccc(Cl)cn2)c1. The van der Waals surface area contributed by atoms with Gasteiger partial charge >= 0.3 is 0 Å². The third kappa shape index (κ3) is 5.40. The number of benzene rings is 1.